The van der Waals surface area contributed by atoms with Crippen molar-refractivity contribution in [3.05, 3.63) is 167 Å². The molecule has 3 aliphatic rings. The van der Waals surface area contributed by atoms with Crippen molar-refractivity contribution >= 4 is 23.7 Å². The fourth-order valence-electron chi connectivity index (χ4n) is 8.16. The summed E-state index contributed by atoms with van der Waals surface area (Å²) < 4.78 is 24.8. The molecular weight excluding hydrogens is 755 g/mol. The highest BCUT2D eigenvalue weighted by Gasteiger charge is 2.52. The lowest BCUT2D eigenvalue weighted by atomic mass is 9.80. The number of nitrogens with one attached hydrogen (secondary N) is 1. The van der Waals surface area contributed by atoms with Gasteiger partial charge >= 0.3 is 0 Å². The first-order chi connectivity index (χ1) is 29.1. The molecule has 0 spiro atoms. The summed E-state index contributed by atoms with van der Waals surface area (Å²) in [5.74, 6) is 1.66. The van der Waals surface area contributed by atoms with Crippen molar-refractivity contribution in [2.75, 3.05) is 27.5 Å². The van der Waals surface area contributed by atoms with Gasteiger partial charge in [-0.2, -0.15) is 0 Å². The van der Waals surface area contributed by atoms with Gasteiger partial charge in [0.1, 0.15) is 48.2 Å². The lowest BCUT2D eigenvalue weighted by Crippen LogP contribution is -2.61. The third-order valence-corrected chi connectivity index (χ3v) is 11.6. The number of carbonyl (C=O) groups is 1. The van der Waals surface area contributed by atoms with Gasteiger partial charge < -0.3 is 29.0 Å². The minimum absolute atomic E-state index is 0.0106. The van der Waals surface area contributed by atoms with Crippen LogP contribution in [0, 0.1) is 0 Å². The number of amidine groups is 1. The fraction of sp³-hybridized carbons (Fsp3) is 0.306. The summed E-state index contributed by atoms with van der Waals surface area (Å²) in [7, 11) is 3.28. The van der Waals surface area contributed by atoms with Crippen molar-refractivity contribution in [3.8, 4) is 11.5 Å². The second-order valence-electron chi connectivity index (χ2n) is 16.3. The minimum Gasteiger partial charge on any atom is -0.497 e. The van der Waals surface area contributed by atoms with Crippen molar-refractivity contribution in [2.24, 2.45) is 15.0 Å². The summed E-state index contributed by atoms with van der Waals surface area (Å²) >= 11 is 0. The number of ketones is 1. The van der Waals surface area contributed by atoms with Gasteiger partial charge in [-0.3, -0.25) is 15.1 Å². The number of fused-ring (bicyclic) bond motifs is 1. The molecule has 1 saturated heterocycles. The predicted octanol–water partition coefficient (Wildman–Crippen LogP) is 7.31. The number of ether oxygens (including phenoxy) is 4. The van der Waals surface area contributed by atoms with E-state index in [-0.39, 0.29) is 30.9 Å². The quantitative estimate of drug-likeness (QED) is 0.0885. The molecule has 3 heterocycles. The zero-order chi connectivity index (χ0) is 41.9. The standard InChI is InChI=1S/C49H51N5O6/c1-47(2,3)35-18-16-33(17-19-35)29-52-49(45(56)34-12-8-6-9-13-34)44-46(50-31-53-49)54(32-51-44)43-28-41(55)42(60-43)30-59-48(36-14-10-7-11-15-36,37-20-24-39(57-4)25-21-37)38-22-26-40(58-5)27-23-38/h6-27,31,41-43,52,55H,28-30,32H2,1-5H3/t41-,42+,43+,49?/m0/s1. The van der Waals surface area contributed by atoms with Crippen LogP contribution in [0.3, 0.4) is 0 Å². The minimum atomic E-state index is -1.54. The Kier molecular flexibility index (Phi) is 11.5. The maximum atomic E-state index is 14.6. The molecule has 0 radical (unpaired) electrons. The number of aliphatic imine (C=N–C) groups is 3. The maximum Gasteiger partial charge on any atom is 0.222 e. The largest absolute Gasteiger partial charge is 0.497 e. The smallest absolute Gasteiger partial charge is 0.222 e. The molecule has 4 atom stereocenters. The summed E-state index contributed by atoms with van der Waals surface area (Å²) in [4.78, 5) is 30.8. The van der Waals surface area contributed by atoms with E-state index in [1.807, 2.05) is 102 Å². The summed E-state index contributed by atoms with van der Waals surface area (Å²) in [6, 6.07) is 43.1. The Labute approximate surface area is 351 Å². The van der Waals surface area contributed by atoms with E-state index < -0.39 is 29.7 Å². The van der Waals surface area contributed by atoms with Gasteiger partial charge in [-0.05, 0) is 57.5 Å². The fourth-order valence-corrected chi connectivity index (χ4v) is 8.16. The Morgan fingerprint density at radius 3 is 1.95 bits per heavy atom. The van der Waals surface area contributed by atoms with Crippen LogP contribution >= 0.6 is 0 Å². The Morgan fingerprint density at radius 2 is 1.37 bits per heavy atom. The van der Waals surface area contributed by atoms with Crippen LogP contribution in [-0.4, -0.2) is 85.3 Å². The van der Waals surface area contributed by atoms with E-state index >= 15 is 0 Å². The highest BCUT2D eigenvalue weighted by Crippen LogP contribution is 2.43. The molecule has 1 fully saturated rings. The normalized spacial score (nSPS) is 21.3. The van der Waals surface area contributed by atoms with Gasteiger partial charge in [0.15, 0.2) is 5.84 Å². The molecule has 3 aliphatic heterocycles. The lowest BCUT2D eigenvalue weighted by Gasteiger charge is -2.37. The molecule has 0 amide bonds. The summed E-state index contributed by atoms with van der Waals surface area (Å²) in [5, 5.41) is 15.1. The van der Waals surface area contributed by atoms with Crippen LogP contribution in [0.15, 0.2) is 148 Å². The summed E-state index contributed by atoms with van der Waals surface area (Å²) in [6.07, 6.45) is -0.498. The number of rotatable bonds is 14. The van der Waals surface area contributed by atoms with Gasteiger partial charge in [-0.15, -0.1) is 0 Å². The van der Waals surface area contributed by atoms with Crippen LogP contribution in [0.2, 0.25) is 0 Å². The number of aliphatic hydroxyl groups is 1. The first kappa shape index (κ1) is 40.8. The van der Waals surface area contributed by atoms with Gasteiger partial charge in [0.05, 0.1) is 26.9 Å². The van der Waals surface area contributed by atoms with Gasteiger partial charge in [-0.1, -0.05) is 130 Å². The first-order valence-corrected chi connectivity index (χ1v) is 20.3. The van der Waals surface area contributed by atoms with Gasteiger partial charge in [-0.25, -0.2) is 9.98 Å². The van der Waals surface area contributed by atoms with E-state index in [9.17, 15) is 9.90 Å². The number of carbonyl (C=O) groups excluding carboxylic acids is 1. The monoisotopic (exact) mass is 805 g/mol. The first-order valence-electron chi connectivity index (χ1n) is 20.3. The van der Waals surface area contributed by atoms with Crippen molar-refractivity contribution in [1.82, 2.24) is 10.2 Å². The summed E-state index contributed by atoms with van der Waals surface area (Å²) in [6.45, 7) is 7.12. The van der Waals surface area contributed by atoms with Crippen LogP contribution in [0.25, 0.3) is 0 Å². The van der Waals surface area contributed by atoms with Crippen molar-refractivity contribution in [1.29, 1.82) is 0 Å². The number of hydrogen-bond acceptors (Lipinski definition) is 11. The summed E-state index contributed by atoms with van der Waals surface area (Å²) in [5.41, 5.74) is 3.13. The maximum absolute atomic E-state index is 14.6. The molecule has 2 N–H and O–H groups in total. The Balaban J connectivity index is 1.06. The zero-order valence-corrected chi connectivity index (χ0v) is 34.6. The van der Waals surface area contributed by atoms with E-state index in [0.29, 0.717) is 23.7 Å². The molecule has 0 aliphatic carbocycles. The van der Waals surface area contributed by atoms with E-state index in [4.69, 9.17) is 28.9 Å². The number of aliphatic hydroxyl groups excluding tert-OH is 1. The van der Waals surface area contributed by atoms with Crippen LogP contribution < -0.4 is 14.8 Å². The zero-order valence-electron chi connectivity index (χ0n) is 34.6. The molecule has 8 rings (SSSR count). The Hall–Kier alpha value is -5.98. The number of nitrogens with zero attached hydrogens (tertiary/aromatic N) is 4. The highest BCUT2D eigenvalue weighted by molar-refractivity contribution is 6.52. The van der Waals surface area contributed by atoms with Crippen LogP contribution in [-0.2, 0) is 27.0 Å². The molecule has 5 aromatic rings. The van der Waals surface area contributed by atoms with E-state index in [1.165, 1.54) is 11.9 Å². The lowest BCUT2D eigenvalue weighted by molar-refractivity contribution is -0.0988. The molecule has 0 bridgehead atoms. The Bertz CT molecular complexity index is 2310. The van der Waals surface area contributed by atoms with E-state index in [1.54, 1.807) is 26.4 Å². The molecule has 0 aromatic heterocycles. The molecule has 11 nitrogen and oxygen atoms in total. The van der Waals surface area contributed by atoms with Gasteiger partial charge in [0, 0.05) is 18.5 Å². The van der Waals surface area contributed by atoms with E-state index in [2.05, 4.69) is 55.3 Å². The van der Waals surface area contributed by atoms with Crippen molar-refractivity contribution in [3.63, 3.8) is 0 Å². The molecule has 1 unspecified atom stereocenters. The number of hydrogen-bond donors (Lipinski definition) is 2. The third-order valence-electron chi connectivity index (χ3n) is 11.6. The average Bonchev–Trinajstić information content (AvgIpc) is 3.90. The van der Waals surface area contributed by atoms with Crippen LogP contribution in [0.1, 0.15) is 65.4 Å². The molecular formula is C49H51N5O6. The molecule has 11 heteroatoms. The predicted molar refractivity (Wildman–Crippen MR) is 233 cm³/mol. The van der Waals surface area contributed by atoms with Crippen LogP contribution in [0.5, 0.6) is 11.5 Å². The molecule has 308 valence electrons. The topological polar surface area (TPSA) is 127 Å². The average molecular weight is 806 g/mol. The second-order valence-corrected chi connectivity index (χ2v) is 16.3. The third kappa shape index (κ3) is 7.77. The number of benzene rings is 5. The highest BCUT2D eigenvalue weighted by atomic mass is 16.6. The van der Waals surface area contributed by atoms with Crippen LogP contribution in [0.4, 0.5) is 0 Å². The molecule has 0 saturated carbocycles. The van der Waals surface area contributed by atoms with Gasteiger partial charge in [0.2, 0.25) is 11.4 Å². The number of methoxy groups -OCH3 is 2. The van der Waals surface area contributed by atoms with E-state index in [0.717, 1.165) is 33.8 Å². The SMILES string of the molecule is COc1ccc(C(OC[C@H]2O[C@@H](N3CN=C4C3=NC=NC4(NCc3ccc(C(C)(C)C)cc3)C(=O)c3ccccc3)C[C@@H]2O)(c2ccccc2)c2ccc(OC)cc2)cc1. The van der Waals surface area contributed by atoms with Gasteiger partial charge in [0.25, 0.3) is 0 Å². The van der Waals surface area contributed by atoms with Crippen molar-refractivity contribution in [2.45, 2.75) is 68.9 Å². The second kappa shape index (κ2) is 16.9. The van der Waals surface area contributed by atoms with Crippen molar-refractivity contribution < 1.29 is 28.8 Å². The Morgan fingerprint density at radius 1 is 0.800 bits per heavy atom. The molecule has 60 heavy (non-hydrogen) atoms. The number of Topliss-reactive ketones (excluding diaryl/α,β-unsaturated/α-hetero) is 1. The molecule has 5 aromatic carbocycles.